The lowest BCUT2D eigenvalue weighted by Crippen LogP contribution is -2.45. The molecule has 1 aliphatic carbocycles. The monoisotopic (exact) mass is 222 g/mol. The van der Waals surface area contributed by atoms with Gasteiger partial charge in [-0.2, -0.15) is 0 Å². The van der Waals surface area contributed by atoms with Crippen LogP contribution in [-0.2, 0) is 0 Å². The first-order chi connectivity index (χ1) is 7.79. The van der Waals surface area contributed by atoms with Gasteiger partial charge in [-0.15, -0.1) is 0 Å². The Bertz CT molecular complexity index is 233. The van der Waals surface area contributed by atoms with Crippen LogP contribution >= 0.6 is 0 Å². The summed E-state index contributed by atoms with van der Waals surface area (Å²) < 4.78 is 0. The molecule has 92 valence electrons. The van der Waals surface area contributed by atoms with Gasteiger partial charge in [0.05, 0.1) is 0 Å². The summed E-state index contributed by atoms with van der Waals surface area (Å²) in [6.45, 7) is 11.6. The van der Waals surface area contributed by atoms with E-state index in [1.54, 1.807) is 0 Å². The van der Waals surface area contributed by atoms with E-state index in [9.17, 15) is 0 Å². The molecule has 2 atom stereocenters. The van der Waals surface area contributed by atoms with Gasteiger partial charge in [0.1, 0.15) is 0 Å². The van der Waals surface area contributed by atoms with Crippen molar-refractivity contribution in [3.05, 3.63) is 0 Å². The highest BCUT2D eigenvalue weighted by Gasteiger charge is 2.53. The minimum absolute atomic E-state index is 0.924. The normalized spacial score (nSPS) is 41.2. The Morgan fingerprint density at radius 1 is 1.06 bits per heavy atom. The van der Waals surface area contributed by atoms with Crippen molar-refractivity contribution in [2.75, 3.05) is 32.7 Å². The van der Waals surface area contributed by atoms with Crippen molar-refractivity contribution >= 4 is 0 Å². The predicted molar refractivity (Wildman–Crippen MR) is 67.5 cm³/mol. The molecule has 0 radical (unpaired) electrons. The SMILES string of the molecule is CCCN1CCC(N2CC3C(C)C3C2)CC1. The van der Waals surface area contributed by atoms with Gasteiger partial charge in [0.2, 0.25) is 0 Å². The van der Waals surface area contributed by atoms with Crippen molar-refractivity contribution in [2.45, 2.75) is 39.2 Å². The summed E-state index contributed by atoms with van der Waals surface area (Å²) in [5, 5.41) is 0. The summed E-state index contributed by atoms with van der Waals surface area (Å²) in [5.41, 5.74) is 0. The van der Waals surface area contributed by atoms with Gasteiger partial charge in [0, 0.05) is 19.1 Å². The topological polar surface area (TPSA) is 6.48 Å². The molecule has 1 saturated carbocycles. The molecule has 2 heteroatoms. The Kier molecular flexibility index (Phi) is 2.97. The average molecular weight is 222 g/mol. The van der Waals surface area contributed by atoms with Gasteiger partial charge in [-0.05, 0) is 56.7 Å². The molecule has 0 N–H and O–H groups in total. The third kappa shape index (κ3) is 1.91. The Labute approximate surface area is 100.0 Å². The van der Waals surface area contributed by atoms with Crippen LogP contribution in [0, 0.1) is 17.8 Å². The largest absolute Gasteiger partial charge is 0.303 e. The molecule has 16 heavy (non-hydrogen) atoms. The molecule has 0 aromatic carbocycles. The summed E-state index contributed by atoms with van der Waals surface area (Å²) in [7, 11) is 0. The highest BCUT2D eigenvalue weighted by molar-refractivity contribution is 5.04. The molecule has 2 heterocycles. The summed E-state index contributed by atoms with van der Waals surface area (Å²) in [5.74, 6) is 3.21. The summed E-state index contributed by atoms with van der Waals surface area (Å²) in [6.07, 6.45) is 4.16. The van der Waals surface area contributed by atoms with E-state index in [1.807, 2.05) is 0 Å². The van der Waals surface area contributed by atoms with Crippen molar-refractivity contribution in [3.63, 3.8) is 0 Å². The molecule has 2 unspecified atom stereocenters. The molecule has 3 rings (SSSR count). The maximum absolute atomic E-state index is 2.80. The van der Waals surface area contributed by atoms with E-state index >= 15 is 0 Å². The lowest BCUT2D eigenvalue weighted by atomic mass is 10.0. The number of nitrogens with zero attached hydrogens (tertiary/aromatic N) is 2. The van der Waals surface area contributed by atoms with Crippen LogP contribution in [0.1, 0.15) is 33.1 Å². The van der Waals surface area contributed by atoms with Gasteiger partial charge in [-0.25, -0.2) is 0 Å². The van der Waals surface area contributed by atoms with Gasteiger partial charge >= 0.3 is 0 Å². The van der Waals surface area contributed by atoms with E-state index in [-0.39, 0.29) is 0 Å². The quantitative estimate of drug-likeness (QED) is 0.721. The van der Waals surface area contributed by atoms with Crippen LogP contribution in [0.4, 0.5) is 0 Å². The Morgan fingerprint density at radius 2 is 1.69 bits per heavy atom. The fraction of sp³-hybridized carbons (Fsp3) is 1.00. The number of likely N-dealkylation sites (tertiary alicyclic amines) is 2. The first-order valence-corrected chi connectivity index (χ1v) is 7.26. The third-order valence-corrected chi connectivity index (χ3v) is 5.26. The fourth-order valence-corrected chi connectivity index (χ4v) is 3.98. The summed E-state index contributed by atoms with van der Waals surface area (Å²) >= 11 is 0. The lowest BCUT2D eigenvalue weighted by Gasteiger charge is -2.37. The van der Waals surface area contributed by atoms with E-state index in [0.717, 1.165) is 23.8 Å². The summed E-state index contributed by atoms with van der Waals surface area (Å²) in [4.78, 5) is 5.45. The first-order valence-electron chi connectivity index (χ1n) is 7.26. The van der Waals surface area contributed by atoms with Crippen LogP contribution in [0.2, 0.25) is 0 Å². The van der Waals surface area contributed by atoms with Crippen LogP contribution < -0.4 is 0 Å². The van der Waals surface area contributed by atoms with Crippen molar-refractivity contribution in [3.8, 4) is 0 Å². The molecule has 2 saturated heterocycles. The molecule has 2 aliphatic heterocycles. The number of piperidine rings is 2. The molecule has 2 nitrogen and oxygen atoms in total. The standard InChI is InChI=1S/C14H26N2/c1-3-6-15-7-4-12(5-8-15)16-9-13-11(2)14(13)10-16/h11-14H,3-10H2,1-2H3. The number of fused-ring (bicyclic) bond motifs is 1. The highest BCUT2D eigenvalue weighted by atomic mass is 15.2. The second-order valence-electron chi connectivity index (χ2n) is 6.21. The molecule has 0 aromatic rings. The maximum atomic E-state index is 2.80. The predicted octanol–water partition coefficient (Wildman–Crippen LogP) is 2.06. The zero-order chi connectivity index (χ0) is 11.1. The Morgan fingerprint density at radius 3 is 2.25 bits per heavy atom. The molecule has 3 fully saturated rings. The van der Waals surface area contributed by atoms with Gasteiger partial charge < -0.3 is 4.90 Å². The molecule has 0 aromatic heterocycles. The lowest BCUT2D eigenvalue weighted by molar-refractivity contribution is 0.114. The third-order valence-electron chi connectivity index (χ3n) is 5.26. The summed E-state index contributed by atoms with van der Waals surface area (Å²) in [6, 6.07) is 0.924. The van der Waals surface area contributed by atoms with Crippen molar-refractivity contribution in [1.29, 1.82) is 0 Å². The van der Waals surface area contributed by atoms with E-state index in [4.69, 9.17) is 0 Å². The van der Waals surface area contributed by atoms with Gasteiger partial charge in [0.25, 0.3) is 0 Å². The minimum atomic E-state index is 0.924. The molecule has 0 spiro atoms. The first kappa shape index (κ1) is 11.0. The molecular formula is C14H26N2. The Hall–Kier alpha value is -0.0800. The zero-order valence-electron chi connectivity index (χ0n) is 10.9. The smallest absolute Gasteiger partial charge is 0.0120 e. The number of hydrogen-bond acceptors (Lipinski definition) is 2. The highest BCUT2D eigenvalue weighted by Crippen LogP contribution is 2.52. The van der Waals surface area contributed by atoms with Crippen LogP contribution in [0.15, 0.2) is 0 Å². The Balaban J connectivity index is 1.45. The van der Waals surface area contributed by atoms with Crippen LogP contribution in [0.3, 0.4) is 0 Å². The zero-order valence-corrected chi connectivity index (χ0v) is 10.9. The minimum Gasteiger partial charge on any atom is -0.303 e. The van der Waals surface area contributed by atoms with Crippen LogP contribution in [0.25, 0.3) is 0 Å². The van der Waals surface area contributed by atoms with Gasteiger partial charge in [-0.1, -0.05) is 13.8 Å². The molecular weight excluding hydrogens is 196 g/mol. The molecule has 0 amide bonds. The van der Waals surface area contributed by atoms with Crippen molar-refractivity contribution < 1.29 is 0 Å². The fourth-order valence-electron chi connectivity index (χ4n) is 3.98. The number of rotatable bonds is 3. The molecule has 0 bridgehead atoms. The number of hydrogen-bond donors (Lipinski definition) is 0. The van der Waals surface area contributed by atoms with E-state index in [0.29, 0.717) is 0 Å². The average Bonchev–Trinajstić information content (AvgIpc) is 2.77. The van der Waals surface area contributed by atoms with Crippen molar-refractivity contribution in [2.24, 2.45) is 17.8 Å². The second kappa shape index (κ2) is 4.30. The maximum Gasteiger partial charge on any atom is 0.0120 e. The van der Waals surface area contributed by atoms with Gasteiger partial charge in [-0.3, -0.25) is 4.90 Å². The van der Waals surface area contributed by atoms with Crippen LogP contribution in [0.5, 0.6) is 0 Å². The van der Waals surface area contributed by atoms with E-state index in [2.05, 4.69) is 23.6 Å². The molecule has 3 aliphatic rings. The van der Waals surface area contributed by atoms with E-state index < -0.39 is 0 Å². The van der Waals surface area contributed by atoms with E-state index in [1.165, 1.54) is 52.0 Å². The van der Waals surface area contributed by atoms with Gasteiger partial charge in [0.15, 0.2) is 0 Å². The van der Waals surface area contributed by atoms with Crippen molar-refractivity contribution in [1.82, 2.24) is 9.80 Å². The van der Waals surface area contributed by atoms with Crippen LogP contribution in [-0.4, -0.2) is 48.6 Å². The second-order valence-corrected chi connectivity index (χ2v) is 6.21.